The number of nitrogens with two attached hydrogens (primary N) is 1. The maximum Gasteiger partial charge on any atom is 0.362 e. The summed E-state index contributed by atoms with van der Waals surface area (Å²) in [5, 5.41) is 10.8. The smallest absolute Gasteiger partial charge is 0.362 e. The molecule has 35 heavy (non-hydrogen) atoms. The van der Waals surface area contributed by atoms with Crippen molar-refractivity contribution in [3.8, 4) is 0 Å². The Kier molecular flexibility index (Phi) is 6.46. The molecule has 0 bridgehead atoms. The molecular formula is C24H28N4O7. The van der Waals surface area contributed by atoms with Gasteiger partial charge in [0.05, 0.1) is 28.5 Å². The molecule has 2 saturated heterocycles. The van der Waals surface area contributed by atoms with Gasteiger partial charge in [-0.25, -0.2) is 9.59 Å². The van der Waals surface area contributed by atoms with E-state index in [4.69, 9.17) is 10.5 Å². The number of nitrogens with zero attached hydrogens (tertiary/aromatic N) is 3. The van der Waals surface area contributed by atoms with Gasteiger partial charge < -0.3 is 15.4 Å². The molecule has 1 aromatic carbocycles. The van der Waals surface area contributed by atoms with Gasteiger partial charge in [-0.05, 0) is 43.0 Å². The van der Waals surface area contributed by atoms with Gasteiger partial charge in [0.1, 0.15) is 5.70 Å². The third-order valence-corrected chi connectivity index (χ3v) is 7.27. The molecule has 186 valence electrons. The fourth-order valence-corrected chi connectivity index (χ4v) is 5.50. The monoisotopic (exact) mass is 484 g/mol. The number of ether oxygens (including phenoxy) is 1. The van der Waals surface area contributed by atoms with Crippen molar-refractivity contribution in [3.05, 3.63) is 51.2 Å². The van der Waals surface area contributed by atoms with Crippen LogP contribution in [-0.4, -0.2) is 63.6 Å². The van der Waals surface area contributed by atoms with Crippen molar-refractivity contribution in [1.29, 1.82) is 0 Å². The molecule has 3 aliphatic rings. The van der Waals surface area contributed by atoms with E-state index in [1.165, 1.54) is 17.0 Å². The predicted molar refractivity (Wildman–Crippen MR) is 122 cm³/mol. The normalized spacial score (nSPS) is 26.1. The summed E-state index contributed by atoms with van der Waals surface area (Å²) in [6, 6.07) is 4.00. The average molecular weight is 485 g/mol. The van der Waals surface area contributed by atoms with E-state index in [-0.39, 0.29) is 53.2 Å². The zero-order chi connectivity index (χ0) is 25.6. The molecule has 4 rings (SSSR count). The van der Waals surface area contributed by atoms with E-state index < -0.39 is 28.8 Å². The highest BCUT2D eigenvalue weighted by Crippen LogP contribution is 2.49. The maximum absolute atomic E-state index is 13.2. The van der Waals surface area contributed by atoms with Crippen LogP contribution in [0, 0.1) is 27.9 Å². The molecule has 0 aliphatic carbocycles. The Hall–Kier alpha value is -3.60. The summed E-state index contributed by atoms with van der Waals surface area (Å²) in [6.07, 6.45) is 1.41. The summed E-state index contributed by atoms with van der Waals surface area (Å²) >= 11 is 0. The molecule has 0 aromatic heterocycles. The molecule has 1 aromatic rings. The number of benzene rings is 1. The Labute approximate surface area is 202 Å². The van der Waals surface area contributed by atoms with Crippen molar-refractivity contribution in [2.45, 2.75) is 45.7 Å². The SMILES string of the molecule is CC(C)[C@H]1C(=O)N2C(C(=O)OC(=O)c3ccc([N+](=O)[O-])cc3)=C(CN3CCC[C@H]3C(N)=O)[C@H](C)[C@H]12. The van der Waals surface area contributed by atoms with E-state index >= 15 is 0 Å². The number of likely N-dealkylation sites (tertiary alicyclic amines) is 1. The molecular weight excluding hydrogens is 456 g/mol. The van der Waals surface area contributed by atoms with E-state index in [1.54, 1.807) is 0 Å². The van der Waals surface area contributed by atoms with Crippen LogP contribution in [0.15, 0.2) is 35.5 Å². The van der Waals surface area contributed by atoms with Crippen molar-refractivity contribution in [2.24, 2.45) is 23.5 Å². The Morgan fingerprint density at radius 2 is 1.86 bits per heavy atom. The van der Waals surface area contributed by atoms with Crippen molar-refractivity contribution >= 4 is 29.4 Å². The summed E-state index contributed by atoms with van der Waals surface area (Å²) in [6.45, 7) is 6.72. The second-order valence-electron chi connectivity index (χ2n) is 9.64. The zero-order valence-corrected chi connectivity index (χ0v) is 19.8. The molecule has 3 heterocycles. The van der Waals surface area contributed by atoms with Gasteiger partial charge in [-0.1, -0.05) is 20.8 Å². The maximum atomic E-state index is 13.2. The zero-order valence-electron chi connectivity index (χ0n) is 19.8. The minimum atomic E-state index is -0.975. The average Bonchev–Trinajstić information content (AvgIpc) is 3.35. The quantitative estimate of drug-likeness (QED) is 0.201. The predicted octanol–water partition coefficient (Wildman–Crippen LogP) is 1.61. The van der Waals surface area contributed by atoms with Crippen LogP contribution < -0.4 is 5.73 Å². The van der Waals surface area contributed by atoms with Crippen LogP contribution in [0.3, 0.4) is 0 Å². The van der Waals surface area contributed by atoms with E-state index in [0.717, 1.165) is 18.6 Å². The van der Waals surface area contributed by atoms with Gasteiger partial charge in [0.2, 0.25) is 11.8 Å². The van der Waals surface area contributed by atoms with Gasteiger partial charge >= 0.3 is 11.9 Å². The molecule has 3 aliphatic heterocycles. The number of primary amides is 1. The van der Waals surface area contributed by atoms with Crippen LogP contribution in [-0.2, 0) is 19.1 Å². The van der Waals surface area contributed by atoms with Crippen molar-refractivity contribution in [1.82, 2.24) is 9.80 Å². The second kappa shape index (κ2) is 9.21. The van der Waals surface area contributed by atoms with E-state index in [1.807, 2.05) is 25.7 Å². The summed E-state index contributed by atoms with van der Waals surface area (Å²) in [5.41, 5.74) is 6.01. The number of nitro benzene ring substituents is 1. The third-order valence-electron chi connectivity index (χ3n) is 7.27. The van der Waals surface area contributed by atoms with Crippen LogP contribution in [0.1, 0.15) is 44.0 Å². The first kappa shape index (κ1) is 24.5. The van der Waals surface area contributed by atoms with Gasteiger partial charge in [-0.2, -0.15) is 0 Å². The number of hydrogen-bond donors (Lipinski definition) is 1. The first-order chi connectivity index (χ1) is 16.5. The topological polar surface area (TPSA) is 153 Å². The lowest BCUT2D eigenvalue weighted by atomic mass is 9.74. The molecule has 11 heteroatoms. The lowest BCUT2D eigenvalue weighted by Gasteiger charge is -2.47. The number of rotatable bonds is 7. The molecule has 0 spiro atoms. The number of amides is 2. The number of carbonyl (C=O) groups is 4. The summed E-state index contributed by atoms with van der Waals surface area (Å²) < 4.78 is 5.13. The standard InChI is InChI=1S/C24H28N4O7/c1-12(2)18-19-13(3)16(11-26-10-4-5-17(26)21(25)29)20(27(19)22(18)30)24(32)35-23(31)14-6-8-15(9-7-14)28(33)34/h6-9,12-13,17-19H,4-5,10-11H2,1-3H3,(H2,25,29)/t13-,17-,18+,19+/m0/s1. The number of carbonyl (C=O) groups excluding carboxylic acids is 4. The summed E-state index contributed by atoms with van der Waals surface area (Å²) in [7, 11) is 0. The highest BCUT2D eigenvalue weighted by molar-refractivity contribution is 6.06. The van der Waals surface area contributed by atoms with E-state index in [0.29, 0.717) is 18.5 Å². The molecule has 2 fully saturated rings. The molecule has 4 atom stereocenters. The fraction of sp³-hybridized carbons (Fsp3) is 0.500. The number of esters is 2. The molecule has 11 nitrogen and oxygen atoms in total. The number of non-ortho nitro benzene ring substituents is 1. The van der Waals surface area contributed by atoms with Crippen molar-refractivity contribution < 1.29 is 28.8 Å². The van der Waals surface area contributed by atoms with Crippen LogP contribution in [0.5, 0.6) is 0 Å². The highest BCUT2D eigenvalue weighted by Gasteiger charge is 2.59. The fourth-order valence-electron chi connectivity index (χ4n) is 5.50. The van der Waals surface area contributed by atoms with E-state index in [9.17, 15) is 29.3 Å². The Balaban J connectivity index is 1.62. The van der Waals surface area contributed by atoms with Crippen LogP contribution >= 0.6 is 0 Å². The van der Waals surface area contributed by atoms with Crippen molar-refractivity contribution in [3.63, 3.8) is 0 Å². The number of fused-ring (bicyclic) bond motifs is 1. The highest BCUT2D eigenvalue weighted by atomic mass is 16.6. The third kappa shape index (κ3) is 4.20. The Bertz CT molecular complexity index is 1130. The minimum Gasteiger partial charge on any atom is -0.385 e. The summed E-state index contributed by atoms with van der Waals surface area (Å²) in [5.74, 6) is -2.94. The first-order valence-electron chi connectivity index (χ1n) is 11.6. The summed E-state index contributed by atoms with van der Waals surface area (Å²) in [4.78, 5) is 64.3. The number of β-lactam (4-membered cyclic amide) rings is 1. The Morgan fingerprint density at radius 3 is 2.43 bits per heavy atom. The molecule has 0 unspecified atom stereocenters. The Morgan fingerprint density at radius 1 is 1.20 bits per heavy atom. The lowest BCUT2D eigenvalue weighted by molar-refractivity contribution is -0.384. The number of hydrogen-bond acceptors (Lipinski definition) is 8. The molecule has 2 N–H and O–H groups in total. The van der Waals surface area contributed by atoms with Crippen LogP contribution in [0.4, 0.5) is 5.69 Å². The van der Waals surface area contributed by atoms with Crippen molar-refractivity contribution in [2.75, 3.05) is 13.1 Å². The minimum absolute atomic E-state index is 0.0305. The largest absolute Gasteiger partial charge is 0.385 e. The second-order valence-corrected chi connectivity index (χ2v) is 9.64. The van der Waals surface area contributed by atoms with Gasteiger partial charge in [-0.3, -0.25) is 24.6 Å². The van der Waals surface area contributed by atoms with Crippen LogP contribution in [0.25, 0.3) is 0 Å². The van der Waals surface area contributed by atoms with Gasteiger partial charge in [-0.15, -0.1) is 0 Å². The number of nitro groups is 1. The van der Waals surface area contributed by atoms with Gasteiger partial charge in [0.25, 0.3) is 5.69 Å². The molecule has 0 radical (unpaired) electrons. The molecule has 2 amide bonds. The lowest BCUT2D eigenvalue weighted by Crippen LogP contribution is -2.62. The van der Waals surface area contributed by atoms with Crippen LogP contribution in [0.2, 0.25) is 0 Å². The van der Waals surface area contributed by atoms with Gasteiger partial charge in [0.15, 0.2) is 0 Å². The first-order valence-corrected chi connectivity index (χ1v) is 11.6. The van der Waals surface area contributed by atoms with E-state index in [2.05, 4.69) is 0 Å². The van der Waals surface area contributed by atoms with Gasteiger partial charge in [0, 0.05) is 24.6 Å². The molecule has 0 saturated carbocycles.